The summed E-state index contributed by atoms with van der Waals surface area (Å²) in [4.78, 5) is 5.51. The van der Waals surface area contributed by atoms with Crippen LogP contribution in [0, 0.1) is 0 Å². The van der Waals surface area contributed by atoms with E-state index in [1.807, 2.05) is 18.3 Å². The number of hydrogen-bond acceptors (Lipinski definition) is 2. The molecule has 0 fully saturated rings. The molecule has 2 rings (SSSR count). The second-order valence-corrected chi connectivity index (χ2v) is 4.84. The van der Waals surface area contributed by atoms with Crippen LogP contribution in [0.5, 0.6) is 5.75 Å². The molecular formula is C14H21ClN2O. The van der Waals surface area contributed by atoms with Gasteiger partial charge in [0, 0.05) is 29.7 Å². The van der Waals surface area contributed by atoms with Gasteiger partial charge >= 0.3 is 0 Å². The van der Waals surface area contributed by atoms with E-state index in [-0.39, 0.29) is 12.4 Å². The maximum Gasteiger partial charge on any atom is 0.125 e. The number of aromatic nitrogens is 1. The van der Waals surface area contributed by atoms with E-state index < -0.39 is 0 Å². The molecule has 2 N–H and O–H groups in total. The van der Waals surface area contributed by atoms with Gasteiger partial charge in [0.1, 0.15) is 5.75 Å². The van der Waals surface area contributed by atoms with E-state index in [9.17, 15) is 5.11 Å². The molecular weight excluding hydrogens is 248 g/mol. The largest absolute Gasteiger partial charge is 0.507 e. The van der Waals surface area contributed by atoms with Crippen molar-refractivity contribution >= 4 is 23.3 Å². The predicted molar refractivity (Wildman–Crippen MR) is 78.7 cm³/mol. The third-order valence-corrected chi connectivity index (χ3v) is 3.38. The fraction of sp³-hybridized carbons (Fsp3) is 0.429. The summed E-state index contributed by atoms with van der Waals surface area (Å²) in [6.45, 7) is 5.37. The molecule has 0 bridgehead atoms. The summed E-state index contributed by atoms with van der Waals surface area (Å²) in [7, 11) is 2.12. The third kappa shape index (κ3) is 2.98. The molecule has 100 valence electrons. The number of H-pyrrole nitrogens is 1. The number of nitrogens with zero attached hydrogens (tertiary/aromatic N) is 1. The van der Waals surface area contributed by atoms with E-state index in [4.69, 9.17) is 0 Å². The Bertz CT molecular complexity index is 507. The van der Waals surface area contributed by atoms with Crippen LogP contribution < -0.4 is 0 Å². The van der Waals surface area contributed by atoms with Crippen molar-refractivity contribution in [2.24, 2.45) is 0 Å². The average molecular weight is 269 g/mol. The Morgan fingerprint density at radius 2 is 2.06 bits per heavy atom. The van der Waals surface area contributed by atoms with E-state index in [2.05, 4.69) is 30.8 Å². The van der Waals surface area contributed by atoms with Crippen LogP contribution in [0.2, 0.25) is 0 Å². The number of aromatic amines is 1. The van der Waals surface area contributed by atoms with Crippen molar-refractivity contribution in [2.45, 2.75) is 26.3 Å². The first-order chi connectivity index (χ1) is 8.09. The van der Waals surface area contributed by atoms with Crippen LogP contribution in [-0.4, -0.2) is 34.6 Å². The van der Waals surface area contributed by atoms with Crippen LogP contribution >= 0.6 is 12.4 Å². The molecule has 0 aliphatic heterocycles. The van der Waals surface area contributed by atoms with Crippen molar-refractivity contribution in [3.8, 4) is 5.75 Å². The Hall–Kier alpha value is -1.19. The smallest absolute Gasteiger partial charge is 0.125 e. The SMILES string of the molecule is CC(C)N(C)CCc1c[nH]c2cccc(O)c12.Cl. The van der Waals surface area contributed by atoms with Gasteiger partial charge in [-0.1, -0.05) is 6.07 Å². The van der Waals surface area contributed by atoms with Crippen LogP contribution in [-0.2, 0) is 6.42 Å². The molecule has 1 aromatic carbocycles. The first kappa shape index (κ1) is 14.9. The van der Waals surface area contributed by atoms with Crippen LogP contribution in [0.15, 0.2) is 24.4 Å². The maximum atomic E-state index is 9.88. The van der Waals surface area contributed by atoms with Crippen molar-refractivity contribution < 1.29 is 5.11 Å². The summed E-state index contributed by atoms with van der Waals surface area (Å²) in [5.74, 6) is 0.367. The average Bonchev–Trinajstić information content (AvgIpc) is 2.70. The van der Waals surface area contributed by atoms with Crippen molar-refractivity contribution in [3.05, 3.63) is 30.0 Å². The number of nitrogens with one attached hydrogen (secondary N) is 1. The van der Waals surface area contributed by atoms with E-state index in [0.717, 1.165) is 23.9 Å². The van der Waals surface area contributed by atoms with Gasteiger partial charge in [0.05, 0.1) is 0 Å². The molecule has 0 unspecified atom stereocenters. The number of phenolic OH excluding ortho intramolecular Hbond substituents is 1. The molecule has 0 saturated heterocycles. The summed E-state index contributed by atoms with van der Waals surface area (Å²) in [6.07, 6.45) is 2.95. The molecule has 18 heavy (non-hydrogen) atoms. The lowest BCUT2D eigenvalue weighted by Crippen LogP contribution is -2.28. The summed E-state index contributed by atoms with van der Waals surface area (Å²) < 4.78 is 0. The Balaban J connectivity index is 0.00000162. The highest BCUT2D eigenvalue weighted by molar-refractivity contribution is 5.88. The minimum absolute atomic E-state index is 0. The molecule has 0 amide bonds. The van der Waals surface area contributed by atoms with Gasteiger partial charge in [0.15, 0.2) is 0 Å². The third-order valence-electron chi connectivity index (χ3n) is 3.38. The second-order valence-electron chi connectivity index (χ2n) is 4.84. The molecule has 4 heteroatoms. The van der Waals surface area contributed by atoms with E-state index in [0.29, 0.717) is 11.8 Å². The van der Waals surface area contributed by atoms with Crippen LogP contribution in [0.3, 0.4) is 0 Å². The fourth-order valence-corrected chi connectivity index (χ4v) is 1.99. The molecule has 1 heterocycles. The number of likely N-dealkylation sites (N-methyl/N-ethyl adjacent to an activating group) is 1. The molecule has 2 aromatic rings. The van der Waals surface area contributed by atoms with Crippen molar-refractivity contribution in [2.75, 3.05) is 13.6 Å². The van der Waals surface area contributed by atoms with Crippen LogP contribution in [0.4, 0.5) is 0 Å². The van der Waals surface area contributed by atoms with Crippen LogP contribution in [0.1, 0.15) is 19.4 Å². The summed E-state index contributed by atoms with van der Waals surface area (Å²) in [6, 6.07) is 6.14. The zero-order valence-corrected chi connectivity index (χ0v) is 11.9. The van der Waals surface area contributed by atoms with Gasteiger partial charge in [-0.15, -0.1) is 12.4 Å². The highest BCUT2D eigenvalue weighted by Crippen LogP contribution is 2.27. The minimum Gasteiger partial charge on any atom is -0.507 e. The van der Waals surface area contributed by atoms with Gasteiger partial charge in [-0.05, 0) is 45.0 Å². The second kappa shape index (κ2) is 6.12. The lowest BCUT2D eigenvalue weighted by atomic mass is 10.1. The van der Waals surface area contributed by atoms with Crippen molar-refractivity contribution in [3.63, 3.8) is 0 Å². The molecule has 0 aliphatic rings. The first-order valence-corrected chi connectivity index (χ1v) is 6.07. The number of phenols is 1. The standard InChI is InChI=1S/C14H20N2O.ClH/c1-10(2)16(3)8-7-11-9-15-12-5-4-6-13(17)14(11)12;/h4-6,9-10,15,17H,7-8H2,1-3H3;1H. The van der Waals surface area contributed by atoms with Crippen molar-refractivity contribution in [1.82, 2.24) is 9.88 Å². The lowest BCUT2D eigenvalue weighted by molar-refractivity contribution is 0.278. The minimum atomic E-state index is 0. The molecule has 0 atom stereocenters. The topological polar surface area (TPSA) is 39.3 Å². The molecule has 0 radical (unpaired) electrons. The Labute approximate surface area is 114 Å². The Morgan fingerprint density at radius 1 is 1.33 bits per heavy atom. The van der Waals surface area contributed by atoms with Gasteiger partial charge in [0.2, 0.25) is 0 Å². The molecule has 0 saturated carbocycles. The molecule has 3 nitrogen and oxygen atoms in total. The Morgan fingerprint density at radius 3 is 2.72 bits per heavy atom. The Kier molecular flexibility index (Phi) is 5.05. The normalized spacial score (nSPS) is 11.2. The highest BCUT2D eigenvalue weighted by atomic mass is 35.5. The first-order valence-electron chi connectivity index (χ1n) is 6.07. The number of rotatable bonds is 4. The van der Waals surface area contributed by atoms with Gasteiger partial charge in [-0.3, -0.25) is 0 Å². The molecule has 0 aliphatic carbocycles. The van der Waals surface area contributed by atoms with Gasteiger partial charge in [-0.2, -0.15) is 0 Å². The number of hydrogen-bond donors (Lipinski definition) is 2. The van der Waals surface area contributed by atoms with E-state index >= 15 is 0 Å². The molecule has 0 spiro atoms. The number of benzene rings is 1. The number of aromatic hydroxyl groups is 1. The zero-order chi connectivity index (χ0) is 12.4. The maximum absolute atomic E-state index is 9.88. The molecule has 1 aromatic heterocycles. The predicted octanol–water partition coefficient (Wildman–Crippen LogP) is 3.18. The summed E-state index contributed by atoms with van der Waals surface area (Å²) >= 11 is 0. The van der Waals surface area contributed by atoms with Crippen LogP contribution in [0.25, 0.3) is 10.9 Å². The monoisotopic (exact) mass is 268 g/mol. The summed E-state index contributed by atoms with van der Waals surface area (Å²) in [5, 5.41) is 10.8. The zero-order valence-electron chi connectivity index (χ0n) is 11.1. The van der Waals surface area contributed by atoms with E-state index in [1.165, 1.54) is 5.56 Å². The van der Waals surface area contributed by atoms with Gasteiger partial charge < -0.3 is 15.0 Å². The quantitative estimate of drug-likeness (QED) is 0.894. The number of fused-ring (bicyclic) bond motifs is 1. The van der Waals surface area contributed by atoms with Gasteiger partial charge in [-0.25, -0.2) is 0 Å². The van der Waals surface area contributed by atoms with E-state index in [1.54, 1.807) is 6.07 Å². The lowest BCUT2D eigenvalue weighted by Gasteiger charge is -2.20. The summed E-state index contributed by atoms with van der Waals surface area (Å²) in [5.41, 5.74) is 2.19. The van der Waals surface area contributed by atoms with Gasteiger partial charge in [0.25, 0.3) is 0 Å². The van der Waals surface area contributed by atoms with Crippen molar-refractivity contribution in [1.29, 1.82) is 0 Å². The fourth-order valence-electron chi connectivity index (χ4n) is 1.99. The highest BCUT2D eigenvalue weighted by Gasteiger charge is 2.09. The number of halogens is 1.